The van der Waals surface area contributed by atoms with Crippen molar-refractivity contribution in [2.45, 2.75) is 207 Å². The highest BCUT2D eigenvalue weighted by Gasteiger charge is 2.19. The summed E-state index contributed by atoms with van der Waals surface area (Å²) in [5, 5.41) is 0. The minimum Gasteiger partial charge on any atom is -0.462 e. The van der Waals surface area contributed by atoms with Gasteiger partial charge >= 0.3 is 17.9 Å². The highest BCUT2D eigenvalue weighted by Crippen LogP contribution is 2.14. The van der Waals surface area contributed by atoms with Crippen LogP contribution in [-0.4, -0.2) is 37.2 Å². The Morgan fingerprint density at radius 1 is 0.432 bits per heavy atom. The van der Waals surface area contributed by atoms with E-state index in [1.807, 2.05) is 0 Å². The lowest BCUT2D eigenvalue weighted by molar-refractivity contribution is -0.167. The van der Waals surface area contributed by atoms with Gasteiger partial charge in [0.15, 0.2) is 6.10 Å². The second-order valence-electron chi connectivity index (χ2n) is 13.3. The molecular formula is C38H72O6. The van der Waals surface area contributed by atoms with Gasteiger partial charge in [0, 0.05) is 19.3 Å². The minimum atomic E-state index is -0.756. The highest BCUT2D eigenvalue weighted by atomic mass is 16.6. The maximum absolute atomic E-state index is 12.5. The first-order valence-electron chi connectivity index (χ1n) is 18.9. The number of hydrogen-bond acceptors (Lipinski definition) is 6. The zero-order chi connectivity index (χ0) is 32.5. The second kappa shape index (κ2) is 32.8. The van der Waals surface area contributed by atoms with Gasteiger partial charge in [-0.05, 0) is 25.2 Å². The van der Waals surface area contributed by atoms with Crippen LogP contribution in [0.2, 0.25) is 0 Å². The Labute approximate surface area is 272 Å². The Morgan fingerprint density at radius 3 is 1.11 bits per heavy atom. The molecule has 0 aromatic carbocycles. The Kier molecular flexibility index (Phi) is 31.6. The van der Waals surface area contributed by atoms with Crippen LogP contribution in [0.4, 0.5) is 0 Å². The lowest BCUT2D eigenvalue weighted by Crippen LogP contribution is -2.30. The largest absolute Gasteiger partial charge is 0.462 e. The summed E-state index contributed by atoms with van der Waals surface area (Å²) in [6, 6.07) is 0. The van der Waals surface area contributed by atoms with Crippen LogP contribution in [0.1, 0.15) is 201 Å². The van der Waals surface area contributed by atoms with E-state index in [0.29, 0.717) is 19.3 Å². The van der Waals surface area contributed by atoms with Crippen molar-refractivity contribution in [3.8, 4) is 0 Å². The van der Waals surface area contributed by atoms with Gasteiger partial charge in [0.1, 0.15) is 13.2 Å². The monoisotopic (exact) mass is 625 g/mol. The molecule has 0 aliphatic rings. The molecule has 0 spiro atoms. The third kappa shape index (κ3) is 31.8. The first-order valence-corrected chi connectivity index (χ1v) is 18.9. The number of rotatable bonds is 33. The van der Waals surface area contributed by atoms with Gasteiger partial charge in [0.05, 0.1) is 0 Å². The molecule has 0 fully saturated rings. The van der Waals surface area contributed by atoms with Crippen LogP contribution in [0.3, 0.4) is 0 Å². The van der Waals surface area contributed by atoms with E-state index in [2.05, 4.69) is 27.7 Å². The van der Waals surface area contributed by atoms with Crippen molar-refractivity contribution in [2.24, 2.45) is 5.92 Å². The van der Waals surface area contributed by atoms with Gasteiger partial charge in [-0.15, -0.1) is 0 Å². The quantitative estimate of drug-likeness (QED) is 0.0410. The maximum Gasteiger partial charge on any atom is 0.306 e. The maximum atomic E-state index is 12.5. The average Bonchev–Trinajstić information content (AvgIpc) is 3.00. The van der Waals surface area contributed by atoms with E-state index in [1.165, 1.54) is 96.3 Å². The van der Waals surface area contributed by atoms with Crippen molar-refractivity contribution in [1.82, 2.24) is 0 Å². The lowest BCUT2D eigenvalue weighted by Gasteiger charge is -2.18. The van der Waals surface area contributed by atoms with Crippen molar-refractivity contribution < 1.29 is 28.6 Å². The topological polar surface area (TPSA) is 78.9 Å². The first kappa shape index (κ1) is 42.4. The highest BCUT2D eigenvalue weighted by molar-refractivity contribution is 5.71. The van der Waals surface area contributed by atoms with Crippen molar-refractivity contribution in [3.05, 3.63) is 0 Å². The fourth-order valence-corrected chi connectivity index (χ4v) is 5.39. The van der Waals surface area contributed by atoms with E-state index in [1.54, 1.807) is 0 Å². The fraction of sp³-hybridized carbons (Fsp3) is 0.921. The van der Waals surface area contributed by atoms with Gasteiger partial charge in [-0.25, -0.2) is 0 Å². The summed E-state index contributed by atoms with van der Waals surface area (Å²) in [6.07, 6.45) is 28.2. The predicted octanol–water partition coefficient (Wildman–Crippen LogP) is 11.2. The molecule has 0 bridgehead atoms. The van der Waals surface area contributed by atoms with Gasteiger partial charge in [0.25, 0.3) is 0 Å². The van der Waals surface area contributed by atoms with Crippen LogP contribution in [0.25, 0.3) is 0 Å². The van der Waals surface area contributed by atoms with Gasteiger partial charge in [-0.2, -0.15) is 0 Å². The molecule has 1 atom stereocenters. The van der Waals surface area contributed by atoms with Gasteiger partial charge in [-0.1, -0.05) is 163 Å². The summed E-state index contributed by atoms with van der Waals surface area (Å²) in [4.78, 5) is 37.2. The minimum absolute atomic E-state index is 0.0665. The summed E-state index contributed by atoms with van der Waals surface area (Å²) >= 11 is 0. The van der Waals surface area contributed by atoms with Crippen LogP contribution in [0.5, 0.6) is 0 Å². The molecule has 0 rings (SSSR count). The Hall–Kier alpha value is -1.59. The molecule has 0 amide bonds. The zero-order valence-electron chi connectivity index (χ0n) is 29.6. The molecular weight excluding hydrogens is 552 g/mol. The molecule has 0 aliphatic heterocycles. The molecule has 44 heavy (non-hydrogen) atoms. The average molecular weight is 625 g/mol. The molecule has 0 saturated heterocycles. The molecule has 0 aromatic rings. The van der Waals surface area contributed by atoms with E-state index in [9.17, 15) is 14.4 Å². The summed E-state index contributed by atoms with van der Waals surface area (Å²) in [5.41, 5.74) is 0. The van der Waals surface area contributed by atoms with Gasteiger partial charge < -0.3 is 14.2 Å². The summed E-state index contributed by atoms with van der Waals surface area (Å²) < 4.78 is 16.5. The first-order chi connectivity index (χ1) is 21.4. The van der Waals surface area contributed by atoms with Crippen LogP contribution < -0.4 is 0 Å². The Balaban J connectivity index is 4.34. The van der Waals surface area contributed by atoms with Crippen LogP contribution in [0.15, 0.2) is 0 Å². The van der Waals surface area contributed by atoms with E-state index in [0.717, 1.165) is 63.7 Å². The molecule has 6 heteroatoms. The van der Waals surface area contributed by atoms with Crippen molar-refractivity contribution in [1.29, 1.82) is 0 Å². The van der Waals surface area contributed by atoms with Crippen LogP contribution >= 0.6 is 0 Å². The summed E-state index contributed by atoms with van der Waals surface area (Å²) in [7, 11) is 0. The predicted molar refractivity (Wildman–Crippen MR) is 183 cm³/mol. The molecule has 260 valence electrons. The van der Waals surface area contributed by atoms with Crippen LogP contribution in [-0.2, 0) is 28.6 Å². The van der Waals surface area contributed by atoms with Crippen molar-refractivity contribution in [2.75, 3.05) is 13.2 Å². The SMILES string of the molecule is CCCCCCCCCCCC(=O)O[C@H](COC(=O)CCCCCCCCC)COC(=O)CCCCCCCCCC(C)C. The summed E-state index contributed by atoms with van der Waals surface area (Å²) in [6.45, 7) is 8.85. The van der Waals surface area contributed by atoms with E-state index in [4.69, 9.17) is 14.2 Å². The van der Waals surface area contributed by atoms with E-state index >= 15 is 0 Å². The third-order valence-electron chi connectivity index (χ3n) is 8.29. The van der Waals surface area contributed by atoms with E-state index < -0.39 is 6.10 Å². The number of carbonyl (C=O) groups is 3. The molecule has 0 saturated carbocycles. The Morgan fingerprint density at radius 2 is 0.750 bits per heavy atom. The standard InChI is InChI=1S/C38H72O6/c1-5-7-9-11-13-14-18-23-27-31-38(41)44-35(32-42-36(39)29-25-21-16-12-10-8-6-2)33-43-37(40)30-26-22-19-15-17-20-24-28-34(3)4/h34-35H,5-33H2,1-4H3/t35-/m1/s1. The fourth-order valence-electron chi connectivity index (χ4n) is 5.39. The molecule has 0 aliphatic carbocycles. The molecule has 0 N–H and O–H groups in total. The smallest absolute Gasteiger partial charge is 0.306 e. The molecule has 0 aromatic heterocycles. The number of hydrogen-bond donors (Lipinski definition) is 0. The van der Waals surface area contributed by atoms with E-state index in [-0.39, 0.29) is 31.1 Å². The van der Waals surface area contributed by atoms with Crippen molar-refractivity contribution >= 4 is 17.9 Å². The normalized spacial score (nSPS) is 11.9. The molecule has 0 heterocycles. The zero-order valence-corrected chi connectivity index (χ0v) is 29.6. The number of carbonyl (C=O) groups excluding carboxylic acids is 3. The molecule has 0 radical (unpaired) electrons. The number of unbranched alkanes of at least 4 members (excludes halogenated alkanes) is 20. The van der Waals surface area contributed by atoms with Gasteiger partial charge in [-0.3, -0.25) is 14.4 Å². The number of esters is 3. The van der Waals surface area contributed by atoms with Gasteiger partial charge in [0.2, 0.25) is 0 Å². The second-order valence-corrected chi connectivity index (χ2v) is 13.3. The molecule has 6 nitrogen and oxygen atoms in total. The summed E-state index contributed by atoms with van der Waals surface area (Å²) in [5.74, 6) is -0.0956. The lowest BCUT2D eigenvalue weighted by atomic mass is 10.0. The van der Waals surface area contributed by atoms with Crippen molar-refractivity contribution in [3.63, 3.8) is 0 Å². The Bertz CT molecular complexity index is 662. The molecule has 0 unspecified atom stereocenters. The van der Waals surface area contributed by atoms with Crippen LogP contribution in [0, 0.1) is 5.92 Å². The number of ether oxygens (including phenoxy) is 3. The third-order valence-corrected chi connectivity index (χ3v) is 8.29.